The molecule has 2 aromatic rings. The van der Waals surface area contributed by atoms with E-state index in [1.165, 1.54) is 53.2 Å². The maximum atomic E-state index is 14.3. The summed E-state index contributed by atoms with van der Waals surface area (Å²) in [7, 11) is 1.42. The Labute approximate surface area is 337 Å². The number of carbonyl (C=O) groups excluding carboxylic acids is 3. The van der Waals surface area contributed by atoms with Crippen molar-refractivity contribution < 1.29 is 68.4 Å². The number of aliphatic hydroxyl groups excluding tert-OH is 2. The zero-order chi connectivity index (χ0) is 43.2. The van der Waals surface area contributed by atoms with Gasteiger partial charge in [-0.05, 0) is 26.8 Å². The van der Waals surface area contributed by atoms with E-state index in [2.05, 4.69) is 10.5 Å². The Kier molecular flexibility index (Phi) is 15.0. The maximum absolute atomic E-state index is 14.3. The summed E-state index contributed by atoms with van der Waals surface area (Å²) in [5.41, 5.74) is -0.688. The molecule has 0 aliphatic carbocycles. The van der Waals surface area contributed by atoms with Gasteiger partial charge in [0.1, 0.15) is 30.0 Å². The molecule has 0 radical (unpaired) electrons. The first kappa shape index (κ1) is 45.5. The smallest absolute Gasteiger partial charge is 0.312 e. The number of methoxy groups -OCH3 is 1. The van der Waals surface area contributed by atoms with E-state index in [0.717, 1.165) is 6.21 Å². The molecule has 1 amide bonds. The van der Waals surface area contributed by atoms with Crippen molar-refractivity contribution in [2.24, 2.45) is 28.8 Å². The third-order valence-electron chi connectivity index (χ3n) is 10.8. The number of aromatic hydroxyl groups is 3. The molecule has 318 valence electrons. The van der Waals surface area contributed by atoms with E-state index in [0.29, 0.717) is 6.61 Å². The number of nitrogens with zero attached hydrogens (tertiary/aromatic N) is 1. The number of hydrogen-bond acceptors (Lipinski definition) is 15. The molecule has 0 spiro atoms. The van der Waals surface area contributed by atoms with Crippen LogP contribution in [0.25, 0.3) is 10.8 Å². The summed E-state index contributed by atoms with van der Waals surface area (Å²) in [6.45, 7) is 14.9. The summed E-state index contributed by atoms with van der Waals surface area (Å²) >= 11 is 0. The molecule has 0 unspecified atom stereocenters. The summed E-state index contributed by atoms with van der Waals surface area (Å²) < 4.78 is 28.7. The Morgan fingerprint density at radius 3 is 2.29 bits per heavy atom. The molecule has 3 aliphatic heterocycles. The van der Waals surface area contributed by atoms with Gasteiger partial charge in [0.15, 0.2) is 5.75 Å². The Morgan fingerprint density at radius 1 is 0.966 bits per heavy atom. The number of anilines is 1. The summed E-state index contributed by atoms with van der Waals surface area (Å²) in [6.07, 6.45) is 4.43. The molecule has 5 bridgehead atoms. The molecule has 0 saturated carbocycles. The standard InChI is InChI=1S/C42H56N2O14/c1-11-54-17-18-56-43-19-27-32-37(50)30-29(36(27)49)31-39(25(7)35(30)48)58-42(9,40(31)51)55-16-15-28(53-10)22(4)38(57-26(8)45)24(6)34(47)23(5)33(46)20(2)13-12-14-21(3)41(52)44-32/h12-16,19-20,22-24,28,33-34,38,46-50H,11,17-18H2,1-10H3,(H,44,52)/b13-12+,16-15+,21-14+,43-19+/t20-,22+,23+,24+,28-,33-,34+,38+,42-/m0/s1. The number of benzene rings is 2. The minimum absolute atomic E-state index is 0.0252. The lowest BCUT2D eigenvalue weighted by atomic mass is 9.78. The number of nitrogens with one attached hydrogen (secondary N) is 1. The van der Waals surface area contributed by atoms with Crippen molar-refractivity contribution in [3.8, 4) is 23.0 Å². The molecular formula is C42H56N2O14. The number of phenols is 3. The lowest BCUT2D eigenvalue weighted by Crippen LogP contribution is -2.46. The average Bonchev–Trinajstić information content (AvgIpc) is 3.45. The number of rotatable bonds is 8. The van der Waals surface area contributed by atoms with Gasteiger partial charge >= 0.3 is 11.8 Å². The van der Waals surface area contributed by atoms with Gasteiger partial charge in [-0.2, -0.15) is 0 Å². The minimum Gasteiger partial charge on any atom is -0.507 e. The molecule has 0 fully saturated rings. The molecule has 3 aliphatic rings. The third kappa shape index (κ3) is 9.25. The molecule has 16 nitrogen and oxygen atoms in total. The normalized spacial score (nSPS) is 30.4. The van der Waals surface area contributed by atoms with Gasteiger partial charge in [0.05, 0.1) is 59.6 Å². The van der Waals surface area contributed by atoms with Crippen LogP contribution in [0.15, 0.2) is 41.3 Å². The van der Waals surface area contributed by atoms with E-state index in [-0.39, 0.29) is 57.7 Å². The predicted molar refractivity (Wildman–Crippen MR) is 214 cm³/mol. The number of esters is 1. The molecule has 0 saturated heterocycles. The van der Waals surface area contributed by atoms with Crippen molar-refractivity contribution in [3.05, 3.63) is 52.8 Å². The highest BCUT2D eigenvalue weighted by Crippen LogP contribution is 2.55. The number of phenolic OH excluding ortho intramolecular Hbond substituents is 3. The van der Waals surface area contributed by atoms with E-state index in [1.807, 2.05) is 6.92 Å². The quantitative estimate of drug-likeness (QED) is 0.0506. The molecule has 9 atom stereocenters. The first-order valence-corrected chi connectivity index (χ1v) is 19.1. The fourth-order valence-corrected chi connectivity index (χ4v) is 7.26. The molecule has 0 aromatic heterocycles. The van der Waals surface area contributed by atoms with Crippen molar-refractivity contribution in [1.82, 2.24) is 0 Å². The maximum Gasteiger partial charge on any atom is 0.312 e. The fraction of sp³-hybridized carbons (Fsp3) is 0.524. The van der Waals surface area contributed by atoms with Crippen molar-refractivity contribution >= 4 is 40.3 Å². The molecular weight excluding hydrogens is 756 g/mol. The second kappa shape index (κ2) is 19.1. The van der Waals surface area contributed by atoms with Crippen LogP contribution in [0, 0.1) is 30.6 Å². The van der Waals surface area contributed by atoms with Crippen LogP contribution in [0.1, 0.15) is 76.9 Å². The van der Waals surface area contributed by atoms with Crippen LogP contribution < -0.4 is 10.1 Å². The molecule has 58 heavy (non-hydrogen) atoms. The van der Waals surface area contributed by atoms with Gasteiger partial charge in [0.25, 0.3) is 11.7 Å². The topological polar surface area (TPSA) is 232 Å². The zero-order valence-corrected chi connectivity index (χ0v) is 34.6. The number of aliphatic hydroxyl groups is 2. The van der Waals surface area contributed by atoms with E-state index < -0.39 is 88.8 Å². The number of fused-ring (bicyclic) bond motifs is 14. The van der Waals surface area contributed by atoms with Crippen LogP contribution in [0.2, 0.25) is 0 Å². The van der Waals surface area contributed by atoms with Gasteiger partial charge in [0, 0.05) is 67.8 Å². The van der Waals surface area contributed by atoms with Gasteiger partial charge < -0.3 is 59.4 Å². The Balaban J connectivity index is 1.95. The number of hydrogen-bond donors (Lipinski definition) is 6. The van der Waals surface area contributed by atoms with Gasteiger partial charge in [-0.25, -0.2) is 0 Å². The lowest BCUT2D eigenvalue weighted by molar-refractivity contribution is -0.160. The Bertz CT molecular complexity index is 1990. The van der Waals surface area contributed by atoms with Gasteiger partial charge in [-0.15, -0.1) is 0 Å². The van der Waals surface area contributed by atoms with Crippen LogP contribution in [-0.4, -0.2) is 107 Å². The number of allylic oxidation sites excluding steroid dienone is 2. The van der Waals surface area contributed by atoms with Crippen LogP contribution in [-0.2, 0) is 33.4 Å². The summed E-state index contributed by atoms with van der Waals surface area (Å²) in [5.74, 6) is -8.74. The third-order valence-corrected chi connectivity index (χ3v) is 10.8. The van der Waals surface area contributed by atoms with E-state index in [4.69, 9.17) is 28.5 Å². The predicted octanol–water partition coefficient (Wildman–Crippen LogP) is 5.14. The highest BCUT2D eigenvalue weighted by molar-refractivity contribution is 6.23. The monoisotopic (exact) mass is 812 g/mol. The van der Waals surface area contributed by atoms with Crippen LogP contribution in [0.5, 0.6) is 23.0 Å². The number of ketones is 1. The molecule has 3 heterocycles. The molecule has 6 N–H and O–H groups in total. The minimum atomic E-state index is -2.07. The largest absolute Gasteiger partial charge is 0.507 e. The SMILES string of the molecule is CCOCCO/N=C/c1c2c(O)c3c(O)c(C)c4c(c3c1O)C(=O)[C@@](C)(O/C=C/[C@H](OC)[C@@H](C)[C@@H](OC(C)=O)[C@H](C)[C@H](O)[C@H](C)[C@@H](O)[C@@H](C)/C=C/C=C(\C)C(=O)N2)O4. The van der Waals surface area contributed by atoms with Crippen LogP contribution >= 0.6 is 0 Å². The van der Waals surface area contributed by atoms with Gasteiger partial charge in [-0.3, -0.25) is 14.4 Å². The van der Waals surface area contributed by atoms with Crippen molar-refractivity contribution in [3.63, 3.8) is 0 Å². The Morgan fingerprint density at radius 2 is 1.66 bits per heavy atom. The van der Waals surface area contributed by atoms with Crippen LogP contribution in [0.4, 0.5) is 5.69 Å². The van der Waals surface area contributed by atoms with Crippen molar-refractivity contribution in [2.75, 3.05) is 32.2 Å². The van der Waals surface area contributed by atoms with Crippen molar-refractivity contribution in [1.29, 1.82) is 0 Å². The highest BCUT2D eigenvalue weighted by atomic mass is 16.7. The van der Waals surface area contributed by atoms with E-state index in [9.17, 15) is 39.9 Å². The van der Waals surface area contributed by atoms with Crippen molar-refractivity contribution in [2.45, 2.75) is 92.5 Å². The summed E-state index contributed by atoms with van der Waals surface area (Å²) in [5, 5.41) is 63.7. The number of ether oxygens (including phenoxy) is 5. The van der Waals surface area contributed by atoms with Gasteiger partial charge in [-0.1, -0.05) is 51.1 Å². The lowest BCUT2D eigenvalue weighted by Gasteiger charge is -2.38. The number of oxime groups is 1. The molecule has 2 aromatic carbocycles. The second-order valence-electron chi connectivity index (χ2n) is 14.9. The fourth-order valence-electron chi connectivity index (χ4n) is 7.26. The first-order valence-electron chi connectivity index (χ1n) is 19.1. The highest BCUT2D eigenvalue weighted by Gasteiger charge is 2.50. The van der Waals surface area contributed by atoms with Crippen LogP contribution in [0.3, 0.4) is 0 Å². The van der Waals surface area contributed by atoms with E-state index in [1.54, 1.807) is 39.8 Å². The zero-order valence-electron chi connectivity index (χ0n) is 34.6. The number of amides is 1. The summed E-state index contributed by atoms with van der Waals surface area (Å²) in [4.78, 5) is 45.5. The second-order valence-corrected chi connectivity index (χ2v) is 14.9. The van der Waals surface area contributed by atoms with E-state index >= 15 is 0 Å². The average molecular weight is 813 g/mol. The number of Topliss-reactive ketones (excluding diaryl/α,β-unsaturated/α-hetero) is 1. The molecule has 5 rings (SSSR count). The summed E-state index contributed by atoms with van der Waals surface area (Å²) in [6, 6.07) is 0. The Hall–Kier alpha value is -5.16. The van der Waals surface area contributed by atoms with Gasteiger partial charge in [0.2, 0.25) is 0 Å². The molecule has 16 heteroatoms. The number of carbonyl (C=O) groups is 3. The first-order chi connectivity index (χ1) is 27.3.